The molecule has 0 saturated heterocycles. The number of nitrogens with zero attached hydrogens (tertiary/aromatic N) is 1. The summed E-state index contributed by atoms with van der Waals surface area (Å²) in [6, 6.07) is 10.5. The molecule has 0 bridgehead atoms. The highest BCUT2D eigenvalue weighted by molar-refractivity contribution is 5.94. The number of rotatable bonds is 7. The Labute approximate surface area is 136 Å². The van der Waals surface area contributed by atoms with Crippen LogP contribution in [0.5, 0.6) is 0 Å². The molecule has 23 heavy (non-hydrogen) atoms. The number of aromatic amines is 1. The standard InChI is InChI=1S/C18H24N4O/c23-18(17-15-13-19-12-10-16(15)21-22-17)20-11-6-2-5-9-14-7-3-1-4-8-14/h1,3-4,7-8,19H,2,5-6,9-13H2,(H,20,23)(H,21,22). The van der Waals surface area contributed by atoms with Gasteiger partial charge in [0.15, 0.2) is 5.69 Å². The number of nitrogens with one attached hydrogen (secondary N) is 3. The molecule has 0 spiro atoms. The van der Waals surface area contributed by atoms with Crippen molar-refractivity contribution in [3.8, 4) is 0 Å². The van der Waals surface area contributed by atoms with Crippen molar-refractivity contribution in [1.82, 2.24) is 20.8 Å². The van der Waals surface area contributed by atoms with Crippen LogP contribution in [-0.2, 0) is 19.4 Å². The summed E-state index contributed by atoms with van der Waals surface area (Å²) in [4.78, 5) is 12.2. The first-order valence-electron chi connectivity index (χ1n) is 8.43. The number of carbonyl (C=O) groups is 1. The van der Waals surface area contributed by atoms with Crippen LogP contribution in [0.1, 0.15) is 46.6 Å². The summed E-state index contributed by atoms with van der Waals surface area (Å²) >= 11 is 0. The second kappa shape index (κ2) is 7.92. The summed E-state index contributed by atoms with van der Waals surface area (Å²) in [6.07, 6.45) is 5.29. The highest BCUT2D eigenvalue weighted by atomic mass is 16.1. The average Bonchev–Trinajstić information content (AvgIpc) is 3.03. The minimum atomic E-state index is -0.0609. The molecule has 3 rings (SSSR count). The molecule has 2 aromatic rings. The van der Waals surface area contributed by atoms with E-state index in [0.29, 0.717) is 12.2 Å². The fourth-order valence-electron chi connectivity index (χ4n) is 2.97. The second-order valence-corrected chi connectivity index (χ2v) is 6.01. The Hall–Kier alpha value is -2.14. The van der Waals surface area contributed by atoms with Gasteiger partial charge in [0, 0.05) is 37.3 Å². The van der Waals surface area contributed by atoms with Crippen LogP contribution in [0.25, 0.3) is 0 Å². The minimum Gasteiger partial charge on any atom is -0.351 e. The predicted octanol–water partition coefficient (Wildman–Crippen LogP) is 2.20. The molecule has 1 aromatic carbocycles. The quantitative estimate of drug-likeness (QED) is 0.687. The van der Waals surface area contributed by atoms with Gasteiger partial charge in [-0.25, -0.2) is 0 Å². The van der Waals surface area contributed by atoms with Crippen molar-refractivity contribution in [3.05, 3.63) is 52.8 Å². The van der Waals surface area contributed by atoms with E-state index in [1.807, 2.05) is 6.07 Å². The van der Waals surface area contributed by atoms with Crippen molar-refractivity contribution in [2.75, 3.05) is 13.1 Å². The predicted molar refractivity (Wildman–Crippen MR) is 90.3 cm³/mol. The molecule has 0 radical (unpaired) electrons. The summed E-state index contributed by atoms with van der Waals surface area (Å²) in [6.45, 7) is 2.38. The van der Waals surface area contributed by atoms with E-state index in [1.54, 1.807) is 0 Å². The molecule has 5 heteroatoms. The third-order valence-corrected chi connectivity index (χ3v) is 4.29. The first kappa shape index (κ1) is 15.7. The lowest BCUT2D eigenvalue weighted by atomic mass is 10.1. The fourth-order valence-corrected chi connectivity index (χ4v) is 2.97. The van der Waals surface area contributed by atoms with Crippen LogP contribution in [0.4, 0.5) is 0 Å². The maximum absolute atomic E-state index is 12.2. The molecule has 0 saturated carbocycles. The maximum Gasteiger partial charge on any atom is 0.272 e. The first-order chi connectivity index (χ1) is 11.3. The molecule has 2 heterocycles. The van der Waals surface area contributed by atoms with Crippen LogP contribution >= 0.6 is 0 Å². The molecule has 0 aliphatic carbocycles. The Morgan fingerprint density at radius 2 is 2.04 bits per heavy atom. The molecular weight excluding hydrogens is 288 g/mol. The lowest BCUT2D eigenvalue weighted by Crippen LogP contribution is -2.29. The van der Waals surface area contributed by atoms with Crippen molar-refractivity contribution in [2.45, 2.75) is 38.6 Å². The van der Waals surface area contributed by atoms with Gasteiger partial charge >= 0.3 is 0 Å². The van der Waals surface area contributed by atoms with Crippen molar-refractivity contribution >= 4 is 5.91 Å². The van der Waals surface area contributed by atoms with Crippen molar-refractivity contribution in [1.29, 1.82) is 0 Å². The van der Waals surface area contributed by atoms with Gasteiger partial charge in [0.1, 0.15) is 0 Å². The largest absolute Gasteiger partial charge is 0.351 e. The number of aryl methyl sites for hydroxylation is 1. The maximum atomic E-state index is 12.2. The molecule has 122 valence electrons. The highest BCUT2D eigenvalue weighted by Gasteiger charge is 2.20. The minimum absolute atomic E-state index is 0.0609. The number of benzene rings is 1. The van der Waals surface area contributed by atoms with E-state index in [-0.39, 0.29) is 5.91 Å². The summed E-state index contributed by atoms with van der Waals surface area (Å²) in [5.41, 5.74) is 4.05. The molecule has 1 aliphatic heterocycles. The Balaban J connectivity index is 1.36. The van der Waals surface area contributed by atoms with E-state index in [2.05, 4.69) is 45.1 Å². The fraction of sp³-hybridized carbons (Fsp3) is 0.444. The zero-order valence-electron chi connectivity index (χ0n) is 13.4. The first-order valence-corrected chi connectivity index (χ1v) is 8.43. The van der Waals surface area contributed by atoms with E-state index in [0.717, 1.165) is 56.5 Å². The van der Waals surface area contributed by atoms with Gasteiger partial charge in [-0.05, 0) is 24.8 Å². The number of unbranched alkanes of at least 4 members (excludes halogenated alkanes) is 2. The van der Waals surface area contributed by atoms with Gasteiger partial charge in [0.25, 0.3) is 5.91 Å². The lowest BCUT2D eigenvalue weighted by molar-refractivity contribution is 0.0946. The highest BCUT2D eigenvalue weighted by Crippen LogP contribution is 2.15. The second-order valence-electron chi connectivity index (χ2n) is 6.01. The normalized spacial score (nSPS) is 13.6. The summed E-state index contributed by atoms with van der Waals surface area (Å²) in [5.74, 6) is -0.0609. The van der Waals surface area contributed by atoms with Crippen LogP contribution < -0.4 is 10.6 Å². The van der Waals surface area contributed by atoms with Gasteiger partial charge in [-0.2, -0.15) is 5.10 Å². The molecule has 1 amide bonds. The summed E-state index contributed by atoms with van der Waals surface area (Å²) in [5, 5.41) is 13.4. The van der Waals surface area contributed by atoms with Gasteiger partial charge < -0.3 is 10.6 Å². The Morgan fingerprint density at radius 3 is 2.91 bits per heavy atom. The molecule has 1 aromatic heterocycles. The molecule has 3 N–H and O–H groups in total. The SMILES string of the molecule is O=C(NCCCCCc1ccccc1)c1n[nH]c2c1CNCC2. The monoisotopic (exact) mass is 312 g/mol. The van der Waals surface area contributed by atoms with Gasteiger partial charge in [-0.15, -0.1) is 0 Å². The number of carbonyl (C=O) groups excluding carboxylic acids is 1. The number of hydrogen-bond acceptors (Lipinski definition) is 3. The molecule has 1 aliphatic rings. The number of hydrogen-bond donors (Lipinski definition) is 3. The van der Waals surface area contributed by atoms with Crippen LogP contribution in [0.2, 0.25) is 0 Å². The van der Waals surface area contributed by atoms with Crippen LogP contribution in [-0.4, -0.2) is 29.2 Å². The van der Waals surface area contributed by atoms with E-state index in [9.17, 15) is 4.79 Å². The van der Waals surface area contributed by atoms with Crippen molar-refractivity contribution in [3.63, 3.8) is 0 Å². The lowest BCUT2D eigenvalue weighted by Gasteiger charge is -2.12. The number of amides is 1. The summed E-state index contributed by atoms with van der Waals surface area (Å²) < 4.78 is 0. The van der Waals surface area contributed by atoms with E-state index in [1.165, 1.54) is 5.56 Å². The van der Waals surface area contributed by atoms with Gasteiger partial charge in [-0.1, -0.05) is 36.8 Å². The Kier molecular flexibility index (Phi) is 5.42. The molecule has 0 fully saturated rings. The van der Waals surface area contributed by atoms with Crippen LogP contribution in [0, 0.1) is 0 Å². The molecular formula is C18H24N4O. The smallest absolute Gasteiger partial charge is 0.272 e. The van der Waals surface area contributed by atoms with E-state index < -0.39 is 0 Å². The van der Waals surface area contributed by atoms with Gasteiger partial charge in [0.05, 0.1) is 0 Å². The summed E-state index contributed by atoms with van der Waals surface area (Å²) in [7, 11) is 0. The molecule has 0 atom stereocenters. The topological polar surface area (TPSA) is 69.8 Å². The van der Waals surface area contributed by atoms with E-state index >= 15 is 0 Å². The van der Waals surface area contributed by atoms with Gasteiger partial charge in [-0.3, -0.25) is 9.89 Å². The Bertz CT molecular complexity index is 636. The molecule has 0 unspecified atom stereocenters. The Morgan fingerprint density at radius 1 is 1.17 bits per heavy atom. The van der Waals surface area contributed by atoms with Gasteiger partial charge in [0.2, 0.25) is 0 Å². The van der Waals surface area contributed by atoms with Crippen LogP contribution in [0.15, 0.2) is 30.3 Å². The number of H-pyrrole nitrogens is 1. The third kappa shape index (κ3) is 4.20. The third-order valence-electron chi connectivity index (χ3n) is 4.29. The zero-order chi connectivity index (χ0) is 15.9. The van der Waals surface area contributed by atoms with E-state index in [4.69, 9.17) is 0 Å². The van der Waals surface area contributed by atoms with Crippen molar-refractivity contribution in [2.24, 2.45) is 0 Å². The van der Waals surface area contributed by atoms with Crippen LogP contribution in [0.3, 0.4) is 0 Å². The van der Waals surface area contributed by atoms with Crippen molar-refractivity contribution < 1.29 is 4.79 Å². The zero-order valence-corrected chi connectivity index (χ0v) is 13.4. The molecule has 5 nitrogen and oxygen atoms in total. The number of fused-ring (bicyclic) bond motifs is 1. The number of aromatic nitrogens is 2. The average molecular weight is 312 g/mol.